The summed E-state index contributed by atoms with van der Waals surface area (Å²) in [4.78, 5) is 0.224. The normalized spacial score (nSPS) is 13.7. The first kappa shape index (κ1) is 13.2. The summed E-state index contributed by atoms with van der Waals surface area (Å²) in [5.41, 5.74) is 1.03. The Bertz CT molecular complexity index is 420. The van der Waals surface area contributed by atoms with E-state index in [1.165, 1.54) is 0 Å². The molecule has 3 nitrogen and oxygen atoms in total. The van der Waals surface area contributed by atoms with Crippen LogP contribution in [-0.2, 0) is 14.3 Å². The molecule has 1 rings (SSSR count). The number of benzene rings is 1. The van der Waals surface area contributed by atoms with E-state index in [0.717, 1.165) is 12.0 Å². The molecule has 4 heteroatoms. The summed E-state index contributed by atoms with van der Waals surface area (Å²) < 4.78 is 28.5. The van der Waals surface area contributed by atoms with E-state index in [1.807, 2.05) is 20.8 Å². The standard InChI is InChI=1S/C12H18O3S/c1-4-10(2)9-15-16(13,14)12-7-5-11(3)6-8-12/h5-8,10H,4,9H2,1-3H3. The van der Waals surface area contributed by atoms with E-state index in [1.54, 1.807) is 24.3 Å². The van der Waals surface area contributed by atoms with E-state index in [9.17, 15) is 8.42 Å². The summed E-state index contributed by atoms with van der Waals surface area (Å²) in [5, 5.41) is 0. The highest BCUT2D eigenvalue weighted by Gasteiger charge is 2.15. The monoisotopic (exact) mass is 242 g/mol. The zero-order valence-electron chi connectivity index (χ0n) is 9.93. The fourth-order valence-electron chi connectivity index (χ4n) is 1.10. The molecule has 0 aliphatic heterocycles. The molecule has 0 saturated heterocycles. The molecule has 0 heterocycles. The molecule has 0 spiro atoms. The van der Waals surface area contributed by atoms with Crippen LogP contribution in [0.2, 0.25) is 0 Å². The lowest BCUT2D eigenvalue weighted by Gasteiger charge is -2.09. The third-order valence-corrected chi connectivity index (χ3v) is 3.81. The average Bonchev–Trinajstić information content (AvgIpc) is 2.26. The second kappa shape index (κ2) is 5.46. The summed E-state index contributed by atoms with van der Waals surface area (Å²) in [5.74, 6) is 0.250. The van der Waals surface area contributed by atoms with Crippen molar-refractivity contribution >= 4 is 10.1 Å². The molecule has 0 saturated carbocycles. The topological polar surface area (TPSA) is 43.4 Å². The van der Waals surface area contributed by atoms with Gasteiger partial charge in [-0.3, -0.25) is 4.18 Å². The highest BCUT2D eigenvalue weighted by Crippen LogP contribution is 2.14. The second-order valence-electron chi connectivity index (χ2n) is 4.07. The van der Waals surface area contributed by atoms with Crippen LogP contribution in [0.1, 0.15) is 25.8 Å². The van der Waals surface area contributed by atoms with Crippen molar-refractivity contribution in [3.05, 3.63) is 29.8 Å². The lowest BCUT2D eigenvalue weighted by molar-refractivity contribution is 0.261. The predicted molar refractivity (Wildman–Crippen MR) is 63.8 cm³/mol. The zero-order valence-corrected chi connectivity index (χ0v) is 10.8. The minimum atomic E-state index is -3.58. The van der Waals surface area contributed by atoms with Crippen molar-refractivity contribution in [3.63, 3.8) is 0 Å². The van der Waals surface area contributed by atoms with Crippen molar-refractivity contribution in [2.45, 2.75) is 32.1 Å². The molecule has 0 fully saturated rings. The van der Waals surface area contributed by atoms with Gasteiger partial charge in [0.15, 0.2) is 0 Å². The van der Waals surface area contributed by atoms with Gasteiger partial charge in [0, 0.05) is 0 Å². The van der Waals surface area contributed by atoms with Crippen LogP contribution in [0.5, 0.6) is 0 Å². The van der Waals surface area contributed by atoms with Crippen LogP contribution in [0.25, 0.3) is 0 Å². The maximum Gasteiger partial charge on any atom is 0.296 e. The molecule has 16 heavy (non-hydrogen) atoms. The maximum absolute atomic E-state index is 11.7. The molecular weight excluding hydrogens is 224 g/mol. The number of rotatable bonds is 5. The van der Waals surface area contributed by atoms with Crippen LogP contribution in [0.4, 0.5) is 0 Å². The number of aryl methyl sites for hydroxylation is 1. The highest BCUT2D eigenvalue weighted by molar-refractivity contribution is 7.86. The Labute approximate surface area is 97.6 Å². The average molecular weight is 242 g/mol. The van der Waals surface area contributed by atoms with Crippen molar-refractivity contribution in [1.29, 1.82) is 0 Å². The molecule has 0 N–H and O–H groups in total. The van der Waals surface area contributed by atoms with E-state index in [0.29, 0.717) is 0 Å². The quantitative estimate of drug-likeness (QED) is 0.746. The summed E-state index contributed by atoms with van der Waals surface area (Å²) in [6.45, 7) is 6.13. The van der Waals surface area contributed by atoms with Gasteiger partial charge in [-0.05, 0) is 25.0 Å². The fraction of sp³-hybridized carbons (Fsp3) is 0.500. The molecule has 0 bridgehead atoms. The van der Waals surface area contributed by atoms with Crippen LogP contribution < -0.4 is 0 Å². The molecular formula is C12H18O3S. The van der Waals surface area contributed by atoms with Gasteiger partial charge in [0.25, 0.3) is 10.1 Å². The van der Waals surface area contributed by atoms with Crippen molar-refractivity contribution in [2.24, 2.45) is 5.92 Å². The number of hydrogen-bond donors (Lipinski definition) is 0. The predicted octanol–water partition coefficient (Wildman–Crippen LogP) is 2.75. The molecule has 1 aromatic rings. The largest absolute Gasteiger partial charge is 0.296 e. The SMILES string of the molecule is CCC(C)COS(=O)(=O)c1ccc(C)cc1. The van der Waals surface area contributed by atoms with Gasteiger partial charge in [0.2, 0.25) is 0 Å². The first-order chi connectivity index (χ1) is 7.45. The smallest absolute Gasteiger partial charge is 0.266 e. The van der Waals surface area contributed by atoms with Crippen LogP contribution >= 0.6 is 0 Å². The Morgan fingerprint density at radius 3 is 2.31 bits per heavy atom. The summed E-state index contributed by atoms with van der Waals surface area (Å²) >= 11 is 0. The highest BCUT2D eigenvalue weighted by atomic mass is 32.2. The van der Waals surface area contributed by atoms with Gasteiger partial charge < -0.3 is 0 Å². The van der Waals surface area contributed by atoms with Gasteiger partial charge in [-0.25, -0.2) is 0 Å². The summed E-state index contributed by atoms with van der Waals surface area (Å²) in [7, 11) is -3.58. The van der Waals surface area contributed by atoms with Gasteiger partial charge in [0.05, 0.1) is 11.5 Å². The molecule has 1 atom stereocenters. The third-order valence-electron chi connectivity index (χ3n) is 2.51. The van der Waals surface area contributed by atoms with Gasteiger partial charge in [-0.1, -0.05) is 38.0 Å². The Kier molecular flexibility index (Phi) is 4.50. The molecule has 0 amide bonds. The molecule has 0 radical (unpaired) electrons. The minimum absolute atomic E-state index is 0.224. The second-order valence-corrected chi connectivity index (χ2v) is 5.68. The van der Waals surface area contributed by atoms with Crippen molar-refractivity contribution in [2.75, 3.05) is 6.61 Å². The van der Waals surface area contributed by atoms with E-state index in [2.05, 4.69) is 0 Å². The van der Waals surface area contributed by atoms with Gasteiger partial charge in [0.1, 0.15) is 0 Å². The van der Waals surface area contributed by atoms with E-state index < -0.39 is 10.1 Å². The first-order valence-electron chi connectivity index (χ1n) is 5.42. The van der Waals surface area contributed by atoms with Gasteiger partial charge in [-0.15, -0.1) is 0 Å². The van der Waals surface area contributed by atoms with Gasteiger partial charge >= 0.3 is 0 Å². The van der Waals surface area contributed by atoms with Crippen molar-refractivity contribution < 1.29 is 12.6 Å². The molecule has 1 unspecified atom stereocenters. The van der Waals surface area contributed by atoms with E-state index in [4.69, 9.17) is 4.18 Å². The lowest BCUT2D eigenvalue weighted by atomic mass is 10.1. The van der Waals surface area contributed by atoms with Crippen molar-refractivity contribution in [1.82, 2.24) is 0 Å². The summed E-state index contributed by atoms with van der Waals surface area (Å²) in [6, 6.07) is 6.67. The first-order valence-corrected chi connectivity index (χ1v) is 6.82. The van der Waals surface area contributed by atoms with Gasteiger partial charge in [-0.2, -0.15) is 8.42 Å². The van der Waals surface area contributed by atoms with Crippen molar-refractivity contribution in [3.8, 4) is 0 Å². The van der Waals surface area contributed by atoms with E-state index >= 15 is 0 Å². The van der Waals surface area contributed by atoms with Crippen LogP contribution in [0, 0.1) is 12.8 Å². The molecule has 0 aromatic heterocycles. The Morgan fingerprint density at radius 2 is 1.81 bits per heavy atom. The molecule has 0 aliphatic rings. The molecule has 1 aromatic carbocycles. The lowest BCUT2D eigenvalue weighted by Crippen LogP contribution is -2.12. The zero-order chi connectivity index (χ0) is 12.2. The van der Waals surface area contributed by atoms with Crippen LogP contribution in [0.15, 0.2) is 29.2 Å². The molecule has 0 aliphatic carbocycles. The van der Waals surface area contributed by atoms with Crippen LogP contribution in [-0.4, -0.2) is 15.0 Å². The minimum Gasteiger partial charge on any atom is -0.266 e. The Balaban J connectivity index is 2.74. The summed E-state index contributed by atoms with van der Waals surface area (Å²) in [6.07, 6.45) is 0.906. The Morgan fingerprint density at radius 1 is 1.25 bits per heavy atom. The third kappa shape index (κ3) is 3.61. The van der Waals surface area contributed by atoms with Crippen LogP contribution in [0.3, 0.4) is 0 Å². The molecule has 90 valence electrons. The maximum atomic E-state index is 11.7. The number of hydrogen-bond acceptors (Lipinski definition) is 3. The fourth-order valence-corrected chi connectivity index (χ4v) is 2.11. The Hall–Kier alpha value is -0.870. The van der Waals surface area contributed by atoms with E-state index in [-0.39, 0.29) is 17.4 Å².